The molecule has 1 rings (SSSR count). The summed E-state index contributed by atoms with van der Waals surface area (Å²) in [7, 11) is 0. The fourth-order valence-electron chi connectivity index (χ4n) is 0.906. The summed E-state index contributed by atoms with van der Waals surface area (Å²) in [5.74, 6) is 0.301. The molecule has 1 N–H and O–H groups in total. The van der Waals surface area contributed by atoms with E-state index in [0.717, 1.165) is 11.1 Å². The minimum atomic E-state index is 0.301. The Morgan fingerprint density at radius 3 is 3.00 bits per heavy atom. The fraction of sp³-hybridized carbons (Fsp3) is 0.200. The molecule has 0 unspecified atom stereocenters. The molecule has 0 aliphatic heterocycles. The molecule has 1 heteroatoms. The van der Waals surface area contributed by atoms with Crippen molar-refractivity contribution in [2.75, 3.05) is 0 Å². The van der Waals surface area contributed by atoms with Crippen LogP contribution in [-0.2, 0) is 6.42 Å². The molecule has 57 valence electrons. The summed E-state index contributed by atoms with van der Waals surface area (Å²) >= 11 is 0. The highest BCUT2D eigenvalue weighted by Gasteiger charge is 1.98. The van der Waals surface area contributed by atoms with Gasteiger partial charge >= 0.3 is 0 Å². The van der Waals surface area contributed by atoms with E-state index < -0.39 is 0 Å². The van der Waals surface area contributed by atoms with E-state index in [2.05, 4.69) is 12.6 Å². The van der Waals surface area contributed by atoms with Crippen molar-refractivity contribution in [3.05, 3.63) is 42.0 Å². The summed E-state index contributed by atoms with van der Waals surface area (Å²) in [6, 6.07) is 8.17. The Hall–Kier alpha value is -1.24. The van der Waals surface area contributed by atoms with Crippen LogP contribution in [0.1, 0.15) is 12.5 Å². The third-order valence-electron chi connectivity index (χ3n) is 1.40. The number of rotatable bonds is 2. The molecule has 11 heavy (non-hydrogen) atoms. The number of phenolic OH excluding ortho intramolecular Hbond substituents is 1. The van der Waals surface area contributed by atoms with Gasteiger partial charge in [-0.1, -0.05) is 24.3 Å². The zero-order valence-electron chi connectivity index (χ0n) is 6.59. The minimum Gasteiger partial charge on any atom is -0.508 e. The van der Waals surface area contributed by atoms with E-state index in [0.29, 0.717) is 12.2 Å². The lowest BCUT2D eigenvalue weighted by atomic mass is 10.1. The van der Waals surface area contributed by atoms with Crippen LogP contribution < -0.4 is 0 Å². The van der Waals surface area contributed by atoms with E-state index in [-0.39, 0.29) is 0 Å². The van der Waals surface area contributed by atoms with Gasteiger partial charge in [0.2, 0.25) is 0 Å². The summed E-state index contributed by atoms with van der Waals surface area (Å²) in [6.07, 6.45) is 0.701. The van der Waals surface area contributed by atoms with Gasteiger partial charge in [-0.05, 0) is 25.5 Å². The van der Waals surface area contributed by atoms with Crippen LogP contribution in [0.15, 0.2) is 30.4 Å². The van der Waals surface area contributed by atoms with Crippen LogP contribution in [0, 0.1) is 6.07 Å². The number of aromatic hydroxyl groups is 1. The van der Waals surface area contributed by atoms with Crippen molar-refractivity contribution < 1.29 is 5.11 Å². The first-order valence-electron chi connectivity index (χ1n) is 3.53. The van der Waals surface area contributed by atoms with Crippen LogP contribution in [0.3, 0.4) is 0 Å². The first-order valence-corrected chi connectivity index (χ1v) is 3.53. The van der Waals surface area contributed by atoms with Gasteiger partial charge in [-0.25, -0.2) is 0 Å². The molecular formula is C10H11O. The lowest BCUT2D eigenvalue weighted by Gasteiger charge is -2.01. The average Bonchev–Trinajstić information content (AvgIpc) is 1.93. The monoisotopic (exact) mass is 147 g/mol. The topological polar surface area (TPSA) is 20.2 Å². The Kier molecular flexibility index (Phi) is 2.32. The SMILES string of the molecule is C=C(C)Cc1[c]cccc1O. The smallest absolute Gasteiger partial charge is 0.119 e. The normalized spacial score (nSPS) is 9.55. The summed E-state index contributed by atoms with van der Waals surface area (Å²) in [6.45, 7) is 5.69. The molecule has 0 aromatic heterocycles. The van der Waals surface area contributed by atoms with E-state index in [1.807, 2.05) is 6.92 Å². The van der Waals surface area contributed by atoms with E-state index in [4.69, 9.17) is 0 Å². The maximum Gasteiger partial charge on any atom is 0.119 e. The van der Waals surface area contributed by atoms with E-state index in [9.17, 15) is 5.11 Å². The zero-order valence-corrected chi connectivity index (χ0v) is 6.59. The van der Waals surface area contributed by atoms with Crippen LogP contribution in [-0.4, -0.2) is 5.11 Å². The van der Waals surface area contributed by atoms with Gasteiger partial charge in [0.05, 0.1) is 0 Å². The number of hydrogen-bond donors (Lipinski definition) is 1. The molecule has 0 saturated heterocycles. The minimum absolute atomic E-state index is 0.301. The largest absolute Gasteiger partial charge is 0.508 e. The number of allylic oxidation sites excluding steroid dienone is 1. The maximum atomic E-state index is 9.29. The van der Waals surface area contributed by atoms with E-state index in [1.54, 1.807) is 18.2 Å². The Morgan fingerprint density at radius 2 is 2.45 bits per heavy atom. The Morgan fingerprint density at radius 1 is 1.73 bits per heavy atom. The molecule has 1 nitrogen and oxygen atoms in total. The quantitative estimate of drug-likeness (QED) is 0.636. The number of phenols is 1. The van der Waals surface area contributed by atoms with Crippen molar-refractivity contribution in [1.82, 2.24) is 0 Å². The molecule has 1 radical (unpaired) electrons. The predicted octanol–water partition coefficient (Wildman–Crippen LogP) is 2.31. The molecule has 1 aromatic carbocycles. The predicted molar refractivity (Wildman–Crippen MR) is 45.5 cm³/mol. The molecule has 0 atom stereocenters. The van der Waals surface area contributed by atoms with Gasteiger partial charge in [-0.2, -0.15) is 0 Å². The van der Waals surface area contributed by atoms with Crippen LogP contribution in [0.5, 0.6) is 5.75 Å². The second kappa shape index (κ2) is 3.24. The van der Waals surface area contributed by atoms with Gasteiger partial charge in [0, 0.05) is 5.56 Å². The number of benzene rings is 1. The average molecular weight is 147 g/mol. The third kappa shape index (κ3) is 2.11. The molecule has 1 aromatic rings. The van der Waals surface area contributed by atoms with Gasteiger partial charge in [0.25, 0.3) is 0 Å². The van der Waals surface area contributed by atoms with Crippen molar-refractivity contribution in [3.8, 4) is 5.75 Å². The standard InChI is InChI=1S/C10H11O/c1-8(2)7-9-5-3-4-6-10(9)11/h3-4,6,11H,1,7H2,2H3. The number of hydrogen-bond acceptors (Lipinski definition) is 1. The van der Waals surface area contributed by atoms with Crippen LogP contribution >= 0.6 is 0 Å². The molecule has 0 heterocycles. The molecule has 0 amide bonds. The summed E-state index contributed by atoms with van der Waals surface area (Å²) < 4.78 is 0. The Bertz CT molecular complexity index is 263. The third-order valence-corrected chi connectivity index (χ3v) is 1.40. The lowest BCUT2D eigenvalue weighted by molar-refractivity contribution is 0.469. The zero-order chi connectivity index (χ0) is 8.27. The van der Waals surface area contributed by atoms with Crippen molar-refractivity contribution in [2.24, 2.45) is 0 Å². The van der Waals surface area contributed by atoms with Crippen molar-refractivity contribution >= 4 is 0 Å². The van der Waals surface area contributed by atoms with Gasteiger partial charge in [0.15, 0.2) is 0 Å². The van der Waals surface area contributed by atoms with Gasteiger partial charge < -0.3 is 5.11 Å². The highest BCUT2D eigenvalue weighted by atomic mass is 16.3. The molecule has 0 bridgehead atoms. The summed E-state index contributed by atoms with van der Waals surface area (Å²) in [5, 5.41) is 9.29. The molecule has 0 spiro atoms. The second-order valence-electron chi connectivity index (χ2n) is 2.67. The van der Waals surface area contributed by atoms with Crippen LogP contribution in [0.25, 0.3) is 0 Å². The van der Waals surface area contributed by atoms with E-state index in [1.165, 1.54) is 0 Å². The first kappa shape index (κ1) is 7.86. The van der Waals surface area contributed by atoms with Gasteiger partial charge in [0.1, 0.15) is 5.75 Å². The van der Waals surface area contributed by atoms with Crippen molar-refractivity contribution in [1.29, 1.82) is 0 Å². The molecular weight excluding hydrogens is 136 g/mol. The molecule has 0 saturated carbocycles. The van der Waals surface area contributed by atoms with Crippen molar-refractivity contribution in [3.63, 3.8) is 0 Å². The second-order valence-corrected chi connectivity index (χ2v) is 2.67. The Labute approximate surface area is 67.0 Å². The molecule has 0 aliphatic rings. The summed E-state index contributed by atoms with van der Waals surface area (Å²) in [5.41, 5.74) is 1.85. The summed E-state index contributed by atoms with van der Waals surface area (Å²) in [4.78, 5) is 0. The van der Waals surface area contributed by atoms with E-state index >= 15 is 0 Å². The fourth-order valence-corrected chi connectivity index (χ4v) is 0.906. The highest BCUT2D eigenvalue weighted by Crippen LogP contribution is 2.17. The first-order chi connectivity index (χ1) is 5.20. The van der Waals surface area contributed by atoms with Crippen LogP contribution in [0.4, 0.5) is 0 Å². The van der Waals surface area contributed by atoms with Gasteiger partial charge in [-0.15, -0.1) is 0 Å². The molecule has 0 aliphatic carbocycles. The maximum absolute atomic E-state index is 9.29. The van der Waals surface area contributed by atoms with Crippen molar-refractivity contribution in [2.45, 2.75) is 13.3 Å². The van der Waals surface area contributed by atoms with Gasteiger partial charge in [-0.3, -0.25) is 0 Å². The molecule has 0 fully saturated rings. The van der Waals surface area contributed by atoms with Crippen LogP contribution in [0.2, 0.25) is 0 Å². The lowest BCUT2D eigenvalue weighted by Crippen LogP contribution is -1.85. The highest BCUT2D eigenvalue weighted by molar-refractivity contribution is 5.33. The Balaban J connectivity index is 2.86.